The second-order valence-corrected chi connectivity index (χ2v) is 14.0. The smallest absolute Gasteiger partial charge is 0.303 e. The van der Waals surface area contributed by atoms with Crippen LogP contribution in [0.4, 0.5) is 0 Å². The van der Waals surface area contributed by atoms with Gasteiger partial charge in [0.2, 0.25) is 0 Å². The molecule has 1 saturated carbocycles. The Labute approximate surface area is 285 Å². The molecule has 1 aliphatic carbocycles. The SMILES string of the molecule is CC(=O)OC1C(OC2C(c3ccccc3)C(OC3CC4CCC(C3OC(C)=O)N4C)C2c2ccccc2)CC2CCC1N2C.CCO.N. The molecule has 5 fully saturated rings. The first-order chi connectivity index (χ1) is 22.7. The Kier molecular flexibility index (Phi) is 12.0. The van der Waals surface area contributed by atoms with Crippen LogP contribution in [0.2, 0.25) is 0 Å². The Balaban J connectivity index is 0.00000109. The molecule has 10 nitrogen and oxygen atoms in total. The molecule has 4 saturated heterocycles. The minimum Gasteiger partial charge on any atom is -0.458 e. The van der Waals surface area contributed by atoms with Crippen LogP contribution in [-0.4, -0.2) is 108 Å². The van der Waals surface area contributed by atoms with Crippen LogP contribution in [0.1, 0.15) is 82.3 Å². The first kappa shape index (κ1) is 36.4. The maximum Gasteiger partial charge on any atom is 0.303 e. The fourth-order valence-electron chi connectivity index (χ4n) is 9.23. The molecule has 48 heavy (non-hydrogen) atoms. The van der Waals surface area contributed by atoms with Gasteiger partial charge in [-0.2, -0.15) is 0 Å². The monoisotopic (exact) mass is 665 g/mol. The van der Waals surface area contributed by atoms with Crippen molar-refractivity contribution in [2.45, 2.75) is 132 Å². The minimum absolute atomic E-state index is 0. The van der Waals surface area contributed by atoms with Gasteiger partial charge in [-0.25, -0.2) is 0 Å². The Morgan fingerprint density at radius 3 is 1.35 bits per heavy atom. The first-order valence-electron chi connectivity index (χ1n) is 17.5. The lowest BCUT2D eigenvalue weighted by molar-refractivity contribution is -0.231. The predicted molar refractivity (Wildman–Crippen MR) is 183 cm³/mol. The fourth-order valence-corrected chi connectivity index (χ4v) is 9.23. The molecular weight excluding hydrogens is 610 g/mol. The van der Waals surface area contributed by atoms with Gasteiger partial charge >= 0.3 is 11.9 Å². The van der Waals surface area contributed by atoms with E-state index in [1.54, 1.807) is 6.92 Å². The fraction of sp³-hybridized carbons (Fsp3) is 0.632. The number of aliphatic hydroxyl groups is 1. The third-order valence-corrected chi connectivity index (χ3v) is 11.3. The van der Waals surface area contributed by atoms with Gasteiger partial charge in [0.25, 0.3) is 0 Å². The maximum atomic E-state index is 12.3. The highest BCUT2D eigenvalue weighted by Crippen LogP contribution is 2.54. The number of fused-ring (bicyclic) bond motifs is 4. The molecule has 5 aliphatic rings. The van der Waals surface area contributed by atoms with E-state index in [1.165, 1.54) is 25.0 Å². The number of carbonyl (C=O) groups is 2. The highest BCUT2D eigenvalue weighted by Gasteiger charge is 2.59. The van der Waals surface area contributed by atoms with Crippen molar-refractivity contribution >= 4 is 11.9 Å². The molecule has 0 radical (unpaired) electrons. The van der Waals surface area contributed by atoms with Crippen molar-refractivity contribution < 1.29 is 33.6 Å². The molecule has 264 valence electrons. The molecule has 2 aromatic rings. The maximum absolute atomic E-state index is 12.3. The van der Waals surface area contributed by atoms with Gasteiger partial charge < -0.3 is 30.2 Å². The second-order valence-electron chi connectivity index (χ2n) is 14.0. The number of rotatable bonds is 8. The summed E-state index contributed by atoms with van der Waals surface area (Å²) >= 11 is 0. The summed E-state index contributed by atoms with van der Waals surface area (Å²) in [4.78, 5) is 29.3. The van der Waals surface area contributed by atoms with Crippen LogP contribution >= 0.6 is 0 Å². The number of nitrogens with zero attached hydrogens (tertiary/aromatic N) is 2. The van der Waals surface area contributed by atoms with Crippen molar-refractivity contribution in [3.63, 3.8) is 0 Å². The van der Waals surface area contributed by atoms with E-state index in [4.69, 9.17) is 24.1 Å². The molecule has 8 unspecified atom stereocenters. The molecule has 0 spiro atoms. The van der Waals surface area contributed by atoms with Crippen LogP contribution in [0.25, 0.3) is 0 Å². The van der Waals surface area contributed by atoms with E-state index < -0.39 is 0 Å². The molecule has 2 aromatic carbocycles. The zero-order valence-electron chi connectivity index (χ0n) is 29.1. The zero-order chi connectivity index (χ0) is 33.2. The van der Waals surface area contributed by atoms with E-state index in [2.05, 4.69) is 72.4 Å². The van der Waals surface area contributed by atoms with Crippen molar-refractivity contribution in [2.75, 3.05) is 20.7 Å². The van der Waals surface area contributed by atoms with E-state index in [1.807, 2.05) is 12.1 Å². The molecule has 4 bridgehead atoms. The van der Waals surface area contributed by atoms with E-state index in [0.29, 0.717) is 12.1 Å². The summed E-state index contributed by atoms with van der Waals surface area (Å²) in [5, 5.41) is 7.57. The average Bonchev–Trinajstić information content (AvgIpc) is 3.44. The van der Waals surface area contributed by atoms with Crippen LogP contribution in [0.15, 0.2) is 60.7 Å². The lowest BCUT2D eigenvalue weighted by Gasteiger charge is -2.56. The first-order valence-corrected chi connectivity index (χ1v) is 17.5. The van der Waals surface area contributed by atoms with Gasteiger partial charge in [0, 0.05) is 56.5 Å². The molecule has 8 atom stereocenters. The van der Waals surface area contributed by atoms with E-state index >= 15 is 0 Å². The summed E-state index contributed by atoms with van der Waals surface area (Å²) in [6, 6.07) is 22.2. The third kappa shape index (κ3) is 7.20. The normalized spacial score (nSPS) is 37.0. The van der Waals surface area contributed by atoms with Crippen LogP contribution in [-0.2, 0) is 28.5 Å². The molecule has 10 heteroatoms. The second kappa shape index (κ2) is 15.8. The largest absolute Gasteiger partial charge is 0.458 e. The topological polar surface area (TPSA) is 133 Å². The van der Waals surface area contributed by atoms with Crippen molar-refractivity contribution in [1.29, 1.82) is 0 Å². The van der Waals surface area contributed by atoms with Gasteiger partial charge in [-0.15, -0.1) is 0 Å². The predicted octanol–water partition coefficient (Wildman–Crippen LogP) is 4.83. The molecule has 4 heterocycles. The molecule has 0 amide bonds. The molecule has 4 aliphatic heterocycles. The Bertz CT molecular complexity index is 1240. The van der Waals surface area contributed by atoms with Crippen molar-refractivity contribution in [2.24, 2.45) is 0 Å². The summed E-state index contributed by atoms with van der Waals surface area (Å²) in [7, 11) is 4.30. The number of benzene rings is 2. The highest BCUT2D eigenvalue weighted by molar-refractivity contribution is 5.66. The number of hydrogen-bond acceptors (Lipinski definition) is 10. The van der Waals surface area contributed by atoms with E-state index in [9.17, 15) is 9.59 Å². The standard InChI is InChI=1S/C36H46N2O6.C2H6O.H3N/c1-21(39)41-33-27-17-15-25(37(27)3)19-29(33)43-35-31(23-11-7-5-8-12-23)36(32(35)24-13-9-6-10-14-24)44-30-20-26-16-18-28(38(26)4)34(30)42-22(2)40;1-2-3;/h5-14,25-36H,15-20H2,1-4H3;3H,2H2,1H3;1H3. The lowest BCUT2D eigenvalue weighted by atomic mass is 9.62. The van der Waals surface area contributed by atoms with Gasteiger partial charge in [-0.1, -0.05) is 60.7 Å². The van der Waals surface area contributed by atoms with Gasteiger partial charge in [0.1, 0.15) is 12.2 Å². The summed E-state index contributed by atoms with van der Waals surface area (Å²) in [6.45, 7) is 4.93. The van der Waals surface area contributed by atoms with Gasteiger partial charge in [-0.3, -0.25) is 19.4 Å². The Morgan fingerprint density at radius 2 is 1.02 bits per heavy atom. The van der Waals surface area contributed by atoms with E-state index in [0.717, 1.165) is 38.5 Å². The summed E-state index contributed by atoms with van der Waals surface area (Å²) in [5.74, 6) is -0.562. The number of likely N-dealkylation sites (N-methyl/N-ethyl adjacent to an activating group) is 2. The Morgan fingerprint density at radius 1 is 0.667 bits per heavy atom. The number of aliphatic hydroxyl groups excluding tert-OH is 1. The number of carbonyl (C=O) groups excluding carboxylic acids is 2. The molecule has 4 N–H and O–H groups in total. The summed E-state index contributed by atoms with van der Waals surface area (Å²) in [5.41, 5.74) is 2.35. The van der Waals surface area contributed by atoms with Crippen LogP contribution < -0.4 is 6.15 Å². The van der Waals surface area contributed by atoms with Crippen LogP contribution in [0.5, 0.6) is 0 Å². The average molecular weight is 666 g/mol. The van der Waals surface area contributed by atoms with Crippen LogP contribution in [0.3, 0.4) is 0 Å². The van der Waals surface area contributed by atoms with Gasteiger partial charge in [0.05, 0.1) is 24.4 Å². The molecule has 7 rings (SSSR count). The minimum atomic E-state index is -0.304. The third-order valence-electron chi connectivity index (χ3n) is 11.3. The van der Waals surface area contributed by atoms with Crippen molar-refractivity contribution in [3.05, 3.63) is 71.8 Å². The molecular formula is C38H55N3O7. The highest BCUT2D eigenvalue weighted by atomic mass is 16.6. The van der Waals surface area contributed by atoms with Gasteiger partial charge in [-0.05, 0) is 70.7 Å². The van der Waals surface area contributed by atoms with E-state index in [-0.39, 0.29) is 85.2 Å². The number of ether oxygens (including phenoxy) is 4. The quantitative estimate of drug-likeness (QED) is 0.378. The number of hydrogen-bond donors (Lipinski definition) is 2. The van der Waals surface area contributed by atoms with Crippen molar-refractivity contribution in [3.8, 4) is 0 Å². The van der Waals surface area contributed by atoms with Crippen LogP contribution in [0, 0.1) is 0 Å². The number of piperidine rings is 2. The number of esters is 2. The lowest BCUT2D eigenvalue weighted by Crippen LogP contribution is -2.62. The summed E-state index contributed by atoms with van der Waals surface area (Å²) < 4.78 is 26.4. The zero-order valence-corrected chi connectivity index (χ0v) is 29.1. The van der Waals surface area contributed by atoms with Crippen molar-refractivity contribution in [1.82, 2.24) is 16.0 Å². The van der Waals surface area contributed by atoms with Gasteiger partial charge in [0.15, 0.2) is 0 Å². The molecule has 0 aromatic heterocycles. The Hall–Kier alpha value is -2.86. The summed E-state index contributed by atoms with van der Waals surface area (Å²) in [6.07, 6.45) is 4.57.